The third-order valence-electron chi connectivity index (χ3n) is 0.694. The summed E-state index contributed by atoms with van der Waals surface area (Å²) in [6.45, 7) is 2.86. The van der Waals surface area contributed by atoms with Crippen LogP contribution in [-0.2, 0) is 0 Å². The van der Waals surface area contributed by atoms with Crippen molar-refractivity contribution in [3.63, 3.8) is 0 Å². The minimum absolute atomic E-state index is 0. The summed E-state index contributed by atoms with van der Waals surface area (Å²) < 4.78 is -1.59. The van der Waals surface area contributed by atoms with Crippen LogP contribution in [0.15, 0.2) is 0 Å². The molecule has 0 aromatic rings. The van der Waals surface area contributed by atoms with Crippen LogP contribution < -0.4 is 0 Å². The second-order valence-corrected chi connectivity index (χ2v) is 4.34. The highest BCUT2D eigenvalue weighted by molar-refractivity contribution is 6.68. The van der Waals surface area contributed by atoms with Gasteiger partial charge >= 0.3 is 0 Å². The smallest absolute Gasteiger partial charge is 0.218 e. The van der Waals surface area contributed by atoms with E-state index in [1.807, 2.05) is 0 Å². The molecular weight excluding hydrogens is 182 g/mol. The van der Waals surface area contributed by atoms with E-state index in [-0.39, 0.29) is 7.43 Å². The van der Waals surface area contributed by atoms with Gasteiger partial charge in [-0.05, 0) is 13.8 Å². The molecule has 0 fully saturated rings. The third-order valence-corrected chi connectivity index (χ3v) is 2.08. The highest BCUT2D eigenvalue weighted by Crippen LogP contribution is 2.37. The largest absolute Gasteiger partial charge is 0.386 e. The highest BCUT2D eigenvalue weighted by atomic mass is 35.6. The molecule has 0 saturated heterocycles. The highest BCUT2D eigenvalue weighted by Gasteiger charge is 2.38. The topological polar surface area (TPSA) is 20.2 Å². The summed E-state index contributed by atoms with van der Waals surface area (Å²) in [7, 11) is 0. The Morgan fingerprint density at radius 1 is 1.11 bits per heavy atom. The average molecular weight is 194 g/mol. The fourth-order valence-corrected chi connectivity index (χ4v) is 0. The van der Waals surface area contributed by atoms with Gasteiger partial charge in [0.2, 0.25) is 3.79 Å². The Morgan fingerprint density at radius 2 is 1.22 bits per heavy atom. The van der Waals surface area contributed by atoms with Gasteiger partial charge in [-0.25, -0.2) is 0 Å². The van der Waals surface area contributed by atoms with Gasteiger partial charge in [-0.3, -0.25) is 0 Å². The quantitative estimate of drug-likeness (QED) is 0.587. The minimum Gasteiger partial charge on any atom is -0.386 e. The van der Waals surface area contributed by atoms with Gasteiger partial charge in [0, 0.05) is 0 Å². The third kappa shape index (κ3) is 4.26. The molecule has 9 heavy (non-hydrogen) atoms. The Bertz CT molecular complexity index is 67.2. The summed E-state index contributed by atoms with van der Waals surface area (Å²) in [5, 5.41) is 8.96. The van der Waals surface area contributed by atoms with Crippen LogP contribution in [0, 0.1) is 0 Å². The SMILES string of the molecule is C.CC(C)(O)C(Cl)(Cl)Cl. The van der Waals surface area contributed by atoms with Crippen molar-refractivity contribution in [2.75, 3.05) is 0 Å². The Hall–Kier alpha value is 0.830. The van der Waals surface area contributed by atoms with Crippen LogP contribution >= 0.6 is 34.8 Å². The standard InChI is InChI=1S/C4H7Cl3O.CH4/c1-3(2,8)4(5,6)7;/h8H,1-2H3;1H4. The first-order chi connectivity index (χ1) is 3.25. The van der Waals surface area contributed by atoms with E-state index < -0.39 is 9.39 Å². The fourth-order valence-electron chi connectivity index (χ4n) is 0. The second kappa shape index (κ2) is 3.29. The van der Waals surface area contributed by atoms with Crippen molar-refractivity contribution in [3.8, 4) is 0 Å². The van der Waals surface area contributed by atoms with Crippen LogP contribution in [0.1, 0.15) is 21.3 Å². The summed E-state index contributed by atoms with van der Waals surface area (Å²) in [5.74, 6) is 0. The van der Waals surface area contributed by atoms with Crippen LogP contribution in [0.2, 0.25) is 0 Å². The van der Waals surface area contributed by atoms with E-state index in [0.717, 1.165) is 0 Å². The minimum atomic E-state index is -1.59. The van der Waals surface area contributed by atoms with Gasteiger partial charge in [0.1, 0.15) is 5.60 Å². The van der Waals surface area contributed by atoms with Gasteiger partial charge in [0.05, 0.1) is 0 Å². The Kier molecular flexibility index (Phi) is 4.57. The molecule has 0 atom stereocenters. The number of aliphatic hydroxyl groups is 1. The average Bonchev–Trinajstić information content (AvgIpc) is 1.25. The van der Waals surface area contributed by atoms with Gasteiger partial charge in [-0.1, -0.05) is 42.2 Å². The van der Waals surface area contributed by atoms with Crippen molar-refractivity contribution < 1.29 is 5.11 Å². The van der Waals surface area contributed by atoms with Crippen LogP contribution in [0.25, 0.3) is 0 Å². The molecule has 0 aliphatic rings. The van der Waals surface area contributed by atoms with Crippen LogP contribution in [0.5, 0.6) is 0 Å². The molecule has 0 unspecified atom stereocenters. The lowest BCUT2D eigenvalue weighted by atomic mass is 10.2. The molecule has 0 rings (SSSR count). The van der Waals surface area contributed by atoms with Crippen molar-refractivity contribution in [2.24, 2.45) is 0 Å². The Morgan fingerprint density at radius 3 is 1.22 bits per heavy atom. The first-order valence-electron chi connectivity index (χ1n) is 2.04. The van der Waals surface area contributed by atoms with E-state index in [9.17, 15) is 0 Å². The monoisotopic (exact) mass is 192 g/mol. The molecule has 0 aliphatic heterocycles. The molecule has 0 aromatic heterocycles. The maximum absolute atomic E-state index is 8.96. The van der Waals surface area contributed by atoms with E-state index in [1.54, 1.807) is 0 Å². The lowest BCUT2D eigenvalue weighted by molar-refractivity contribution is 0.0847. The summed E-state index contributed by atoms with van der Waals surface area (Å²) in [6.07, 6.45) is 0. The molecule has 1 nitrogen and oxygen atoms in total. The van der Waals surface area contributed by atoms with Gasteiger partial charge in [0.25, 0.3) is 0 Å². The van der Waals surface area contributed by atoms with Gasteiger partial charge in [-0.2, -0.15) is 0 Å². The molecule has 0 radical (unpaired) electrons. The molecular formula is C5H11Cl3O. The first kappa shape index (κ1) is 12.5. The van der Waals surface area contributed by atoms with E-state index in [2.05, 4.69) is 0 Å². The number of hydrogen-bond acceptors (Lipinski definition) is 1. The van der Waals surface area contributed by atoms with E-state index in [1.165, 1.54) is 13.8 Å². The van der Waals surface area contributed by atoms with Gasteiger partial charge < -0.3 is 5.11 Å². The van der Waals surface area contributed by atoms with E-state index in [4.69, 9.17) is 39.9 Å². The van der Waals surface area contributed by atoms with Crippen molar-refractivity contribution in [1.29, 1.82) is 0 Å². The summed E-state index contributed by atoms with van der Waals surface area (Å²) in [6, 6.07) is 0. The van der Waals surface area contributed by atoms with Crippen LogP contribution in [0.3, 0.4) is 0 Å². The van der Waals surface area contributed by atoms with Crippen molar-refractivity contribution in [1.82, 2.24) is 0 Å². The number of rotatable bonds is 0. The number of halogens is 3. The summed E-state index contributed by atoms with van der Waals surface area (Å²) >= 11 is 15.9. The number of alkyl halides is 3. The predicted octanol–water partition coefficient (Wildman–Crippen LogP) is 2.76. The van der Waals surface area contributed by atoms with E-state index in [0.29, 0.717) is 0 Å². The zero-order valence-corrected chi connectivity index (χ0v) is 6.85. The Balaban J connectivity index is 0. The molecule has 0 saturated carbocycles. The molecule has 0 aliphatic carbocycles. The van der Waals surface area contributed by atoms with Crippen molar-refractivity contribution in [3.05, 3.63) is 0 Å². The van der Waals surface area contributed by atoms with E-state index >= 15 is 0 Å². The molecule has 0 aromatic carbocycles. The molecule has 1 N–H and O–H groups in total. The van der Waals surface area contributed by atoms with Gasteiger partial charge in [0.15, 0.2) is 0 Å². The Labute approximate surface area is 70.9 Å². The predicted molar refractivity (Wildman–Crippen MR) is 43.3 cm³/mol. The molecule has 0 heterocycles. The summed E-state index contributed by atoms with van der Waals surface area (Å²) in [4.78, 5) is 0. The maximum atomic E-state index is 8.96. The zero-order chi connectivity index (χ0) is 7.00. The molecule has 0 amide bonds. The zero-order valence-electron chi connectivity index (χ0n) is 4.58. The van der Waals surface area contributed by atoms with Crippen molar-refractivity contribution in [2.45, 2.75) is 30.7 Å². The molecule has 0 spiro atoms. The van der Waals surface area contributed by atoms with Crippen LogP contribution in [-0.4, -0.2) is 14.5 Å². The summed E-state index contributed by atoms with van der Waals surface area (Å²) in [5.41, 5.74) is -1.27. The molecule has 58 valence electrons. The maximum Gasteiger partial charge on any atom is 0.218 e. The lowest BCUT2D eigenvalue weighted by Gasteiger charge is -2.25. The molecule has 4 heteroatoms. The normalized spacial score (nSPS) is 12.7. The lowest BCUT2D eigenvalue weighted by Crippen LogP contribution is -2.35. The van der Waals surface area contributed by atoms with Crippen LogP contribution in [0.4, 0.5) is 0 Å². The van der Waals surface area contributed by atoms with Gasteiger partial charge in [-0.15, -0.1) is 0 Å². The second-order valence-electron chi connectivity index (χ2n) is 2.06. The number of hydrogen-bond donors (Lipinski definition) is 1. The van der Waals surface area contributed by atoms with Crippen molar-refractivity contribution >= 4 is 34.8 Å². The fraction of sp³-hybridized carbons (Fsp3) is 1.00. The molecule has 0 bridgehead atoms. The first-order valence-corrected chi connectivity index (χ1v) is 3.17.